The summed E-state index contributed by atoms with van der Waals surface area (Å²) in [7, 11) is 0. The zero-order valence-corrected chi connectivity index (χ0v) is 17.2. The molecule has 0 saturated carbocycles. The second kappa shape index (κ2) is 8.61. The number of carbonyl (C=O) groups is 3. The second-order valence-corrected chi connectivity index (χ2v) is 7.71. The molecular formula is C23H17FN2O4S. The van der Waals surface area contributed by atoms with Crippen LogP contribution in [0.15, 0.2) is 76.2 Å². The van der Waals surface area contributed by atoms with Gasteiger partial charge in [-0.1, -0.05) is 24.3 Å². The molecule has 0 radical (unpaired) electrons. The molecule has 31 heavy (non-hydrogen) atoms. The van der Waals surface area contributed by atoms with E-state index in [1.807, 2.05) is 0 Å². The van der Waals surface area contributed by atoms with Crippen LogP contribution in [0, 0.1) is 5.82 Å². The van der Waals surface area contributed by atoms with Gasteiger partial charge in [-0.05, 0) is 42.0 Å². The van der Waals surface area contributed by atoms with Gasteiger partial charge in [-0.2, -0.15) is 0 Å². The minimum Gasteiger partial charge on any atom is -0.468 e. The van der Waals surface area contributed by atoms with Crippen molar-refractivity contribution in [1.29, 1.82) is 0 Å². The fourth-order valence-corrected chi connectivity index (χ4v) is 4.23. The van der Waals surface area contributed by atoms with Gasteiger partial charge in [0.2, 0.25) is 5.91 Å². The number of benzene rings is 2. The van der Waals surface area contributed by atoms with E-state index in [2.05, 4.69) is 5.32 Å². The maximum Gasteiger partial charge on any atom is 0.272 e. The molecule has 0 spiro atoms. The van der Waals surface area contributed by atoms with Crippen LogP contribution < -0.4 is 10.2 Å². The van der Waals surface area contributed by atoms with E-state index in [-0.39, 0.29) is 22.1 Å². The highest BCUT2D eigenvalue weighted by Crippen LogP contribution is 2.40. The molecule has 3 aromatic rings. The molecule has 2 heterocycles. The maximum atomic E-state index is 14.4. The number of nitrogens with one attached hydrogen (secondary N) is 1. The molecule has 2 aromatic carbocycles. The van der Waals surface area contributed by atoms with E-state index in [4.69, 9.17) is 4.42 Å². The number of halogens is 1. The minimum absolute atomic E-state index is 0.0986. The van der Waals surface area contributed by atoms with Gasteiger partial charge in [0.05, 0.1) is 28.2 Å². The first kappa shape index (κ1) is 20.6. The highest BCUT2D eigenvalue weighted by Gasteiger charge is 2.41. The van der Waals surface area contributed by atoms with Crippen molar-refractivity contribution in [2.24, 2.45) is 0 Å². The standard InChI is InChI=1S/C23H17FN2O4S/c1-14(27)25-16-10-8-15(9-11-16)20-21(31-13-17-5-4-12-30-17)23(29)26(22(20)28)19-7-3-2-6-18(19)24/h2-12H,13H2,1H3,(H,25,27). The predicted octanol–water partition coefficient (Wildman–Crippen LogP) is 4.60. The molecule has 156 valence electrons. The van der Waals surface area contributed by atoms with Crippen LogP contribution in [0.3, 0.4) is 0 Å². The molecule has 1 aromatic heterocycles. The molecule has 0 bridgehead atoms. The first-order chi connectivity index (χ1) is 15.0. The van der Waals surface area contributed by atoms with E-state index < -0.39 is 17.6 Å². The molecule has 0 aliphatic carbocycles. The number of rotatable bonds is 6. The molecule has 8 heteroatoms. The van der Waals surface area contributed by atoms with E-state index in [0.29, 0.717) is 22.8 Å². The van der Waals surface area contributed by atoms with Crippen LogP contribution in [0.25, 0.3) is 5.57 Å². The molecule has 0 saturated heterocycles. The number of carbonyl (C=O) groups excluding carboxylic acids is 3. The third kappa shape index (κ3) is 4.15. The first-order valence-electron chi connectivity index (χ1n) is 9.36. The van der Waals surface area contributed by atoms with Crippen LogP contribution in [0.2, 0.25) is 0 Å². The number of amides is 3. The summed E-state index contributed by atoms with van der Waals surface area (Å²) in [5.74, 6) is -1.11. The number of nitrogens with zero attached hydrogens (tertiary/aromatic N) is 1. The maximum absolute atomic E-state index is 14.4. The van der Waals surface area contributed by atoms with Crippen LogP contribution in [-0.2, 0) is 20.1 Å². The number of furan rings is 1. The number of hydrogen-bond acceptors (Lipinski definition) is 5. The van der Waals surface area contributed by atoms with Gasteiger partial charge in [-0.3, -0.25) is 14.4 Å². The second-order valence-electron chi connectivity index (χ2n) is 6.73. The lowest BCUT2D eigenvalue weighted by atomic mass is 10.1. The lowest BCUT2D eigenvalue weighted by molar-refractivity contribution is -0.120. The van der Waals surface area contributed by atoms with Crippen LogP contribution >= 0.6 is 11.8 Å². The third-order valence-corrected chi connectivity index (χ3v) is 5.66. The Morgan fingerprint density at radius 2 is 1.77 bits per heavy atom. The normalized spacial score (nSPS) is 13.8. The van der Waals surface area contributed by atoms with Crippen molar-refractivity contribution in [3.05, 3.63) is 89.0 Å². The Bertz CT molecular complexity index is 1190. The van der Waals surface area contributed by atoms with E-state index >= 15 is 0 Å². The third-order valence-electron chi connectivity index (χ3n) is 4.57. The SMILES string of the molecule is CC(=O)Nc1ccc(C2=C(SCc3ccco3)C(=O)N(c3ccccc3F)C2=O)cc1. The first-order valence-corrected chi connectivity index (χ1v) is 10.3. The molecule has 1 N–H and O–H groups in total. The summed E-state index contributed by atoms with van der Waals surface area (Å²) in [6.07, 6.45) is 1.53. The summed E-state index contributed by atoms with van der Waals surface area (Å²) in [5, 5.41) is 2.66. The van der Waals surface area contributed by atoms with Gasteiger partial charge >= 0.3 is 0 Å². The van der Waals surface area contributed by atoms with Crippen LogP contribution in [0.5, 0.6) is 0 Å². The van der Waals surface area contributed by atoms with Crippen molar-refractivity contribution in [3.8, 4) is 0 Å². The van der Waals surface area contributed by atoms with E-state index in [1.165, 1.54) is 31.4 Å². The number of imide groups is 1. The number of anilines is 2. The van der Waals surface area contributed by atoms with Crippen molar-refractivity contribution in [2.75, 3.05) is 10.2 Å². The number of hydrogen-bond donors (Lipinski definition) is 1. The van der Waals surface area contributed by atoms with Crippen LogP contribution in [-0.4, -0.2) is 17.7 Å². The average molecular weight is 436 g/mol. The van der Waals surface area contributed by atoms with Crippen molar-refractivity contribution in [2.45, 2.75) is 12.7 Å². The predicted molar refractivity (Wildman–Crippen MR) is 117 cm³/mol. The molecule has 4 rings (SSSR count). The van der Waals surface area contributed by atoms with E-state index in [9.17, 15) is 18.8 Å². The van der Waals surface area contributed by atoms with Gasteiger partial charge in [-0.15, -0.1) is 11.8 Å². The van der Waals surface area contributed by atoms with E-state index in [0.717, 1.165) is 16.7 Å². The van der Waals surface area contributed by atoms with Crippen molar-refractivity contribution < 1.29 is 23.2 Å². The van der Waals surface area contributed by atoms with Gasteiger partial charge in [-0.25, -0.2) is 9.29 Å². The summed E-state index contributed by atoms with van der Waals surface area (Å²) in [6.45, 7) is 1.39. The topological polar surface area (TPSA) is 79.6 Å². The number of thioether (sulfide) groups is 1. The van der Waals surface area contributed by atoms with Gasteiger partial charge in [0, 0.05) is 12.6 Å². The highest BCUT2D eigenvalue weighted by atomic mass is 32.2. The summed E-state index contributed by atoms with van der Waals surface area (Å²) in [4.78, 5) is 38.8. The quantitative estimate of drug-likeness (QED) is 0.572. The monoisotopic (exact) mass is 436 g/mol. The van der Waals surface area contributed by atoms with Crippen molar-refractivity contribution in [3.63, 3.8) is 0 Å². The van der Waals surface area contributed by atoms with Gasteiger partial charge in [0.1, 0.15) is 11.6 Å². The van der Waals surface area contributed by atoms with Crippen LogP contribution in [0.1, 0.15) is 18.2 Å². The molecule has 0 atom stereocenters. The zero-order valence-electron chi connectivity index (χ0n) is 16.4. The summed E-state index contributed by atoms with van der Waals surface area (Å²) in [6, 6.07) is 15.7. The molecule has 0 unspecified atom stereocenters. The van der Waals surface area contributed by atoms with Crippen LogP contribution in [0.4, 0.5) is 15.8 Å². The van der Waals surface area contributed by atoms with Gasteiger partial charge in [0.15, 0.2) is 0 Å². The van der Waals surface area contributed by atoms with E-state index in [1.54, 1.807) is 42.5 Å². The Labute approximate surface area is 181 Å². The number of para-hydroxylation sites is 1. The summed E-state index contributed by atoms with van der Waals surface area (Å²) < 4.78 is 19.7. The highest BCUT2D eigenvalue weighted by molar-refractivity contribution is 8.03. The molecule has 0 fully saturated rings. The lowest BCUT2D eigenvalue weighted by Crippen LogP contribution is -2.32. The Morgan fingerprint density at radius 3 is 2.42 bits per heavy atom. The Kier molecular flexibility index (Phi) is 5.73. The van der Waals surface area contributed by atoms with Gasteiger partial charge in [0.25, 0.3) is 11.8 Å². The minimum atomic E-state index is -0.665. The Morgan fingerprint density at radius 1 is 1.03 bits per heavy atom. The zero-order chi connectivity index (χ0) is 22.0. The molecule has 6 nitrogen and oxygen atoms in total. The average Bonchev–Trinajstić information content (AvgIpc) is 3.34. The molecule has 1 aliphatic heterocycles. The Hall–Kier alpha value is -3.65. The Balaban J connectivity index is 1.74. The molecule has 3 amide bonds. The van der Waals surface area contributed by atoms with Gasteiger partial charge < -0.3 is 9.73 Å². The smallest absolute Gasteiger partial charge is 0.272 e. The fraction of sp³-hybridized carbons (Fsp3) is 0.0870. The molecular weight excluding hydrogens is 419 g/mol. The summed E-state index contributed by atoms with van der Waals surface area (Å²) >= 11 is 1.16. The fourth-order valence-electron chi connectivity index (χ4n) is 3.21. The molecule has 1 aliphatic rings. The lowest BCUT2D eigenvalue weighted by Gasteiger charge is -2.15. The summed E-state index contributed by atoms with van der Waals surface area (Å²) in [5.41, 5.74) is 1.13. The van der Waals surface area contributed by atoms with Crippen molar-refractivity contribution >= 4 is 46.4 Å². The van der Waals surface area contributed by atoms with Crippen molar-refractivity contribution in [1.82, 2.24) is 0 Å². The largest absolute Gasteiger partial charge is 0.468 e.